The van der Waals surface area contributed by atoms with Crippen molar-refractivity contribution in [2.24, 2.45) is 0 Å². The van der Waals surface area contributed by atoms with Crippen LogP contribution in [0.3, 0.4) is 0 Å². The predicted molar refractivity (Wildman–Crippen MR) is 109 cm³/mol. The Kier molecular flexibility index (Phi) is 6.06. The molecular weight excluding hydrogens is 362 g/mol. The summed E-state index contributed by atoms with van der Waals surface area (Å²) < 4.78 is 10.8. The number of nitrogens with zero attached hydrogens (tertiary/aromatic N) is 1. The summed E-state index contributed by atoms with van der Waals surface area (Å²) >= 11 is 0.984. The molecule has 2 amide bonds. The van der Waals surface area contributed by atoms with Crippen LogP contribution in [-0.4, -0.2) is 36.8 Å². The lowest BCUT2D eigenvalue weighted by atomic mass is 10.0. The van der Waals surface area contributed by atoms with Gasteiger partial charge >= 0.3 is 0 Å². The molecule has 1 fully saturated rings. The predicted octanol–water partition coefficient (Wildman–Crippen LogP) is 5.08. The number of carbonyl (C=O) groups is 2. The van der Waals surface area contributed by atoms with E-state index in [0.29, 0.717) is 17.2 Å². The fourth-order valence-corrected chi connectivity index (χ4v) is 3.95. The first-order valence-corrected chi connectivity index (χ1v) is 9.80. The van der Waals surface area contributed by atoms with E-state index < -0.39 is 0 Å². The fourth-order valence-electron chi connectivity index (χ4n) is 3.10. The van der Waals surface area contributed by atoms with Crippen molar-refractivity contribution in [3.05, 3.63) is 40.8 Å². The molecule has 0 aromatic heterocycles. The minimum absolute atomic E-state index is 0.209. The number of hydrogen-bond acceptors (Lipinski definition) is 5. The third-order valence-electron chi connectivity index (χ3n) is 4.58. The van der Waals surface area contributed by atoms with E-state index in [1.807, 2.05) is 30.3 Å². The number of rotatable bonds is 7. The summed E-state index contributed by atoms with van der Waals surface area (Å²) in [5.74, 6) is 1.13. The molecular formula is C21H23NO4S. The summed E-state index contributed by atoms with van der Waals surface area (Å²) in [6, 6.07) is 9.59. The highest BCUT2D eigenvalue weighted by Crippen LogP contribution is 2.37. The zero-order chi connectivity index (χ0) is 19.4. The van der Waals surface area contributed by atoms with Crippen LogP contribution >= 0.6 is 11.8 Å². The van der Waals surface area contributed by atoms with E-state index in [1.165, 1.54) is 4.90 Å². The zero-order valence-electron chi connectivity index (χ0n) is 15.8. The Morgan fingerprint density at radius 3 is 2.56 bits per heavy atom. The molecule has 1 heterocycles. The summed E-state index contributed by atoms with van der Waals surface area (Å²) in [4.78, 5) is 26.8. The molecule has 1 saturated heterocycles. The highest BCUT2D eigenvalue weighted by molar-refractivity contribution is 8.18. The molecule has 142 valence electrons. The highest BCUT2D eigenvalue weighted by atomic mass is 32.2. The first-order chi connectivity index (χ1) is 13.1. The lowest BCUT2D eigenvalue weighted by molar-refractivity contribution is -0.122. The number of fused-ring (bicyclic) bond motifs is 1. The molecule has 3 rings (SSSR count). The summed E-state index contributed by atoms with van der Waals surface area (Å²) in [5.41, 5.74) is 0.771. The topological polar surface area (TPSA) is 55.8 Å². The third-order valence-corrected chi connectivity index (χ3v) is 5.49. The Bertz CT molecular complexity index is 901. The third kappa shape index (κ3) is 3.95. The second-order valence-corrected chi connectivity index (χ2v) is 7.30. The van der Waals surface area contributed by atoms with Crippen LogP contribution in [0.5, 0.6) is 11.5 Å². The van der Waals surface area contributed by atoms with Gasteiger partial charge in [0.25, 0.3) is 11.1 Å². The van der Waals surface area contributed by atoms with Gasteiger partial charge in [0.1, 0.15) is 11.5 Å². The fraction of sp³-hybridized carbons (Fsp3) is 0.333. The van der Waals surface area contributed by atoms with Crippen LogP contribution in [0.25, 0.3) is 16.8 Å². The number of hydrogen-bond donors (Lipinski definition) is 0. The van der Waals surface area contributed by atoms with Crippen LogP contribution in [0.1, 0.15) is 31.7 Å². The summed E-state index contributed by atoms with van der Waals surface area (Å²) in [7, 11) is 3.21. The van der Waals surface area contributed by atoms with Crippen molar-refractivity contribution in [3.8, 4) is 11.5 Å². The average molecular weight is 385 g/mol. The molecule has 0 saturated carbocycles. The Hall–Kier alpha value is -2.47. The molecule has 0 spiro atoms. The van der Waals surface area contributed by atoms with Gasteiger partial charge in [-0.1, -0.05) is 31.9 Å². The lowest BCUT2D eigenvalue weighted by Gasteiger charge is -2.12. The highest BCUT2D eigenvalue weighted by Gasteiger charge is 2.34. The van der Waals surface area contributed by atoms with Gasteiger partial charge in [-0.25, -0.2) is 0 Å². The van der Waals surface area contributed by atoms with Crippen molar-refractivity contribution in [2.75, 3.05) is 20.8 Å². The van der Waals surface area contributed by atoms with Crippen molar-refractivity contribution >= 4 is 39.8 Å². The average Bonchev–Trinajstić information content (AvgIpc) is 2.95. The van der Waals surface area contributed by atoms with Gasteiger partial charge in [0.15, 0.2) is 0 Å². The van der Waals surface area contributed by atoms with Crippen LogP contribution in [0.4, 0.5) is 4.79 Å². The second kappa shape index (κ2) is 8.48. The van der Waals surface area contributed by atoms with Gasteiger partial charge in [0.2, 0.25) is 0 Å². The summed E-state index contributed by atoms with van der Waals surface area (Å²) in [6.07, 6.45) is 4.63. The number of thioether (sulfide) groups is 1. The maximum Gasteiger partial charge on any atom is 0.293 e. The monoisotopic (exact) mass is 385 g/mol. The largest absolute Gasteiger partial charge is 0.497 e. The van der Waals surface area contributed by atoms with Crippen LogP contribution in [0.2, 0.25) is 0 Å². The van der Waals surface area contributed by atoms with Crippen LogP contribution in [0.15, 0.2) is 35.2 Å². The molecule has 1 aliphatic rings. The molecule has 6 heteroatoms. The van der Waals surface area contributed by atoms with Crippen molar-refractivity contribution in [2.45, 2.75) is 26.2 Å². The Labute approximate surface area is 163 Å². The summed E-state index contributed by atoms with van der Waals surface area (Å²) in [6.45, 7) is 2.56. The second-order valence-electron chi connectivity index (χ2n) is 6.31. The van der Waals surface area contributed by atoms with Gasteiger partial charge in [-0.15, -0.1) is 0 Å². The van der Waals surface area contributed by atoms with Gasteiger partial charge in [0.05, 0.1) is 19.1 Å². The maximum atomic E-state index is 12.7. The lowest BCUT2D eigenvalue weighted by Crippen LogP contribution is -2.29. The number of amides is 2. The van der Waals surface area contributed by atoms with Gasteiger partial charge in [-0.05, 0) is 53.2 Å². The number of imide groups is 1. The molecule has 0 atom stereocenters. The van der Waals surface area contributed by atoms with Crippen molar-refractivity contribution in [3.63, 3.8) is 0 Å². The van der Waals surface area contributed by atoms with Gasteiger partial charge in [-0.2, -0.15) is 0 Å². The van der Waals surface area contributed by atoms with E-state index in [-0.39, 0.29) is 11.1 Å². The van der Waals surface area contributed by atoms with E-state index >= 15 is 0 Å². The molecule has 0 bridgehead atoms. The minimum Gasteiger partial charge on any atom is -0.497 e. The SMILES string of the molecule is CCCCCN1C(=O)S/C(=C\c2c(OC)ccc3ccc(OC)cc23)C1=O. The van der Waals surface area contributed by atoms with Gasteiger partial charge < -0.3 is 9.47 Å². The van der Waals surface area contributed by atoms with E-state index in [1.54, 1.807) is 20.3 Å². The Morgan fingerprint density at radius 2 is 1.85 bits per heavy atom. The van der Waals surface area contributed by atoms with E-state index in [9.17, 15) is 9.59 Å². The molecule has 27 heavy (non-hydrogen) atoms. The molecule has 0 N–H and O–H groups in total. The van der Waals surface area contributed by atoms with Gasteiger partial charge in [-0.3, -0.25) is 14.5 Å². The maximum absolute atomic E-state index is 12.7. The van der Waals surface area contributed by atoms with Crippen LogP contribution < -0.4 is 9.47 Å². The number of unbranched alkanes of at least 4 members (excludes halogenated alkanes) is 2. The summed E-state index contributed by atoms with van der Waals surface area (Å²) in [5, 5.41) is 1.70. The number of carbonyl (C=O) groups excluding carboxylic acids is 2. The molecule has 5 nitrogen and oxygen atoms in total. The number of ether oxygens (including phenoxy) is 2. The standard InChI is InChI=1S/C21H23NO4S/c1-4-5-6-11-22-20(23)19(27-21(22)24)13-17-16-12-15(25-2)9-7-14(16)8-10-18(17)26-3/h7-10,12-13H,4-6,11H2,1-3H3/b19-13-. The van der Waals surface area contributed by atoms with E-state index in [4.69, 9.17) is 9.47 Å². The molecule has 1 aliphatic heterocycles. The van der Waals surface area contributed by atoms with Crippen molar-refractivity contribution in [1.29, 1.82) is 0 Å². The smallest absolute Gasteiger partial charge is 0.293 e. The molecule has 0 aliphatic carbocycles. The normalized spacial score (nSPS) is 15.8. The van der Waals surface area contributed by atoms with E-state index in [0.717, 1.165) is 53.1 Å². The Balaban J connectivity index is 2.02. The van der Waals surface area contributed by atoms with Crippen LogP contribution in [0, 0.1) is 0 Å². The van der Waals surface area contributed by atoms with E-state index in [2.05, 4.69) is 6.92 Å². The molecule has 0 unspecified atom stereocenters. The van der Waals surface area contributed by atoms with Crippen molar-refractivity contribution in [1.82, 2.24) is 4.90 Å². The quantitative estimate of drug-likeness (QED) is 0.491. The minimum atomic E-state index is -0.233. The first kappa shape index (κ1) is 19.3. The Morgan fingerprint density at radius 1 is 1.07 bits per heavy atom. The zero-order valence-corrected chi connectivity index (χ0v) is 16.6. The molecule has 0 radical (unpaired) electrons. The molecule has 2 aromatic carbocycles. The van der Waals surface area contributed by atoms with Crippen molar-refractivity contribution < 1.29 is 19.1 Å². The first-order valence-electron chi connectivity index (χ1n) is 8.99. The number of benzene rings is 2. The van der Waals surface area contributed by atoms with Gasteiger partial charge in [0, 0.05) is 12.1 Å². The number of methoxy groups -OCH3 is 2. The molecule has 2 aromatic rings. The van der Waals surface area contributed by atoms with Crippen LogP contribution in [-0.2, 0) is 4.79 Å².